The van der Waals surface area contributed by atoms with E-state index in [1.54, 1.807) is 0 Å². The molecule has 2 saturated carbocycles. The van der Waals surface area contributed by atoms with E-state index in [4.69, 9.17) is 4.52 Å². The van der Waals surface area contributed by atoms with Crippen LogP contribution in [0.3, 0.4) is 0 Å². The summed E-state index contributed by atoms with van der Waals surface area (Å²) in [6.45, 7) is 2.83. The minimum atomic E-state index is 0.698. The predicted octanol–water partition coefficient (Wildman–Crippen LogP) is 4.21. The van der Waals surface area contributed by atoms with Crippen LogP contribution < -0.4 is 5.32 Å². The molecule has 0 aliphatic heterocycles. The fourth-order valence-corrected chi connectivity index (χ4v) is 4.28. The summed E-state index contributed by atoms with van der Waals surface area (Å²) in [6.07, 6.45) is 12.9. The highest BCUT2D eigenvalue weighted by atomic mass is 16.5. The Morgan fingerprint density at radius 2 is 1.85 bits per heavy atom. The van der Waals surface area contributed by atoms with Crippen LogP contribution in [-0.4, -0.2) is 11.2 Å². The largest absolute Gasteiger partial charge is 0.361 e. The quantitative estimate of drug-likeness (QED) is 0.895. The molecule has 0 aromatic carbocycles. The molecule has 0 radical (unpaired) electrons. The lowest BCUT2D eigenvalue weighted by Gasteiger charge is -2.39. The van der Waals surface area contributed by atoms with Crippen molar-refractivity contribution >= 4 is 0 Å². The fraction of sp³-hybridized carbons (Fsp3) is 0.824. The number of aryl methyl sites for hydroxylation is 1. The van der Waals surface area contributed by atoms with E-state index in [0.29, 0.717) is 6.04 Å². The zero-order chi connectivity index (χ0) is 13.8. The topological polar surface area (TPSA) is 38.1 Å². The first kappa shape index (κ1) is 14.1. The SMILES string of the molecule is Cc1cc(CNC2CCCCC2C2CCCCC2)no1. The number of hydrogen-bond acceptors (Lipinski definition) is 3. The summed E-state index contributed by atoms with van der Waals surface area (Å²) >= 11 is 0. The van der Waals surface area contributed by atoms with E-state index in [1.807, 2.05) is 13.0 Å². The summed E-state index contributed by atoms with van der Waals surface area (Å²) in [5.41, 5.74) is 1.05. The van der Waals surface area contributed by atoms with Gasteiger partial charge in [-0.05, 0) is 31.6 Å². The standard InChI is InChI=1S/C17H28N2O/c1-13-11-15(19-20-13)12-18-17-10-6-5-9-16(17)14-7-3-2-4-8-14/h11,14,16-18H,2-10,12H2,1H3. The van der Waals surface area contributed by atoms with Gasteiger partial charge >= 0.3 is 0 Å². The van der Waals surface area contributed by atoms with Crippen LogP contribution in [0.25, 0.3) is 0 Å². The molecule has 0 amide bonds. The molecule has 20 heavy (non-hydrogen) atoms. The van der Waals surface area contributed by atoms with Crippen molar-refractivity contribution in [2.75, 3.05) is 0 Å². The monoisotopic (exact) mass is 276 g/mol. The second-order valence-corrected chi connectivity index (χ2v) is 6.76. The van der Waals surface area contributed by atoms with Crippen molar-refractivity contribution in [1.29, 1.82) is 0 Å². The van der Waals surface area contributed by atoms with Gasteiger partial charge in [0.2, 0.25) is 0 Å². The first-order chi connectivity index (χ1) is 9.83. The third-order valence-electron chi connectivity index (χ3n) is 5.30. The Labute approximate surface area is 122 Å². The van der Waals surface area contributed by atoms with Crippen molar-refractivity contribution < 1.29 is 4.52 Å². The summed E-state index contributed by atoms with van der Waals surface area (Å²) in [5.74, 6) is 2.78. The van der Waals surface area contributed by atoms with Gasteiger partial charge in [-0.3, -0.25) is 0 Å². The normalized spacial score (nSPS) is 28.6. The van der Waals surface area contributed by atoms with Crippen molar-refractivity contribution in [3.8, 4) is 0 Å². The van der Waals surface area contributed by atoms with Crippen molar-refractivity contribution in [3.63, 3.8) is 0 Å². The Morgan fingerprint density at radius 1 is 1.10 bits per heavy atom. The lowest BCUT2D eigenvalue weighted by atomic mass is 9.71. The zero-order valence-corrected chi connectivity index (χ0v) is 12.7. The van der Waals surface area contributed by atoms with Gasteiger partial charge in [-0.25, -0.2) is 0 Å². The smallest absolute Gasteiger partial charge is 0.133 e. The van der Waals surface area contributed by atoms with Gasteiger partial charge in [-0.2, -0.15) is 0 Å². The van der Waals surface area contributed by atoms with Crippen LogP contribution in [0.1, 0.15) is 69.2 Å². The summed E-state index contributed by atoms with van der Waals surface area (Å²) in [5, 5.41) is 7.88. The molecule has 112 valence electrons. The van der Waals surface area contributed by atoms with Crippen molar-refractivity contribution in [1.82, 2.24) is 10.5 Å². The third-order valence-corrected chi connectivity index (χ3v) is 5.30. The van der Waals surface area contributed by atoms with Gasteiger partial charge < -0.3 is 9.84 Å². The summed E-state index contributed by atoms with van der Waals surface area (Å²) in [7, 11) is 0. The molecule has 3 heteroatoms. The van der Waals surface area contributed by atoms with Gasteiger partial charge in [-0.15, -0.1) is 0 Å². The maximum atomic E-state index is 5.16. The van der Waals surface area contributed by atoms with E-state index in [1.165, 1.54) is 57.8 Å². The van der Waals surface area contributed by atoms with E-state index in [9.17, 15) is 0 Å². The number of aromatic nitrogens is 1. The molecule has 3 rings (SSSR count). The van der Waals surface area contributed by atoms with E-state index in [-0.39, 0.29) is 0 Å². The maximum Gasteiger partial charge on any atom is 0.133 e. The molecule has 3 nitrogen and oxygen atoms in total. The molecule has 1 aromatic heterocycles. The van der Waals surface area contributed by atoms with E-state index >= 15 is 0 Å². The van der Waals surface area contributed by atoms with E-state index in [0.717, 1.165) is 29.8 Å². The van der Waals surface area contributed by atoms with E-state index in [2.05, 4.69) is 10.5 Å². The number of nitrogens with one attached hydrogen (secondary N) is 1. The highest BCUT2D eigenvalue weighted by Crippen LogP contribution is 2.38. The first-order valence-corrected chi connectivity index (χ1v) is 8.48. The van der Waals surface area contributed by atoms with Crippen LogP contribution in [0, 0.1) is 18.8 Å². The molecule has 0 saturated heterocycles. The van der Waals surface area contributed by atoms with Crippen LogP contribution in [-0.2, 0) is 6.54 Å². The molecular weight excluding hydrogens is 248 g/mol. The van der Waals surface area contributed by atoms with Crippen molar-refractivity contribution in [2.24, 2.45) is 11.8 Å². The van der Waals surface area contributed by atoms with Crippen LogP contribution in [0.5, 0.6) is 0 Å². The van der Waals surface area contributed by atoms with Crippen LogP contribution in [0.2, 0.25) is 0 Å². The molecular formula is C17H28N2O. The van der Waals surface area contributed by atoms with Crippen molar-refractivity contribution in [3.05, 3.63) is 17.5 Å². The molecule has 2 aliphatic carbocycles. The molecule has 2 fully saturated rings. The predicted molar refractivity (Wildman–Crippen MR) is 80.4 cm³/mol. The van der Waals surface area contributed by atoms with Gasteiger partial charge in [0.05, 0.1) is 5.69 Å². The lowest BCUT2D eigenvalue weighted by Crippen LogP contribution is -2.42. The maximum absolute atomic E-state index is 5.16. The Morgan fingerprint density at radius 3 is 2.60 bits per heavy atom. The molecule has 1 aromatic rings. The molecule has 0 spiro atoms. The fourth-order valence-electron chi connectivity index (χ4n) is 4.28. The van der Waals surface area contributed by atoms with Gasteiger partial charge in [0.15, 0.2) is 0 Å². The van der Waals surface area contributed by atoms with Gasteiger partial charge in [0, 0.05) is 18.7 Å². The Kier molecular flexibility index (Phi) is 4.77. The summed E-state index contributed by atoms with van der Waals surface area (Å²) < 4.78 is 5.16. The average molecular weight is 276 g/mol. The Balaban J connectivity index is 1.57. The molecule has 2 aliphatic rings. The first-order valence-electron chi connectivity index (χ1n) is 8.48. The number of rotatable bonds is 4. The molecule has 2 atom stereocenters. The minimum absolute atomic E-state index is 0.698. The average Bonchev–Trinajstić information content (AvgIpc) is 2.92. The Hall–Kier alpha value is -0.830. The summed E-state index contributed by atoms with van der Waals surface area (Å²) in [4.78, 5) is 0. The molecule has 2 unspecified atom stereocenters. The third kappa shape index (κ3) is 3.43. The highest BCUT2D eigenvalue weighted by molar-refractivity contribution is 5.03. The lowest BCUT2D eigenvalue weighted by molar-refractivity contribution is 0.148. The van der Waals surface area contributed by atoms with Gasteiger partial charge in [0.1, 0.15) is 5.76 Å². The number of nitrogens with zero attached hydrogens (tertiary/aromatic N) is 1. The molecule has 1 N–H and O–H groups in total. The van der Waals surface area contributed by atoms with Crippen LogP contribution in [0.15, 0.2) is 10.6 Å². The van der Waals surface area contributed by atoms with Gasteiger partial charge in [-0.1, -0.05) is 50.1 Å². The number of hydrogen-bond donors (Lipinski definition) is 1. The summed E-state index contributed by atoms with van der Waals surface area (Å²) in [6, 6.07) is 2.75. The minimum Gasteiger partial charge on any atom is -0.361 e. The van der Waals surface area contributed by atoms with Crippen molar-refractivity contribution in [2.45, 2.75) is 77.3 Å². The Bertz CT molecular complexity index is 409. The van der Waals surface area contributed by atoms with E-state index < -0.39 is 0 Å². The second-order valence-electron chi connectivity index (χ2n) is 6.76. The van der Waals surface area contributed by atoms with Crippen LogP contribution in [0.4, 0.5) is 0 Å². The second kappa shape index (κ2) is 6.75. The molecule has 1 heterocycles. The van der Waals surface area contributed by atoms with Crippen LogP contribution >= 0.6 is 0 Å². The zero-order valence-electron chi connectivity index (χ0n) is 12.7. The highest BCUT2D eigenvalue weighted by Gasteiger charge is 2.32. The molecule has 0 bridgehead atoms. The van der Waals surface area contributed by atoms with Gasteiger partial charge in [0.25, 0.3) is 0 Å².